The molecule has 1 aromatic carbocycles. The van der Waals surface area contributed by atoms with Crippen molar-refractivity contribution in [3.63, 3.8) is 0 Å². The lowest BCUT2D eigenvalue weighted by atomic mass is 9.87. The molecule has 0 aromatic heterocycles. The van der Waals surface area contributed by atoms with E-state index in [-0.39, 0.29) is 17.8 Å². The maximum absolute atomic E-state index is 12.0. The Labute approximate surface area is 125 Å². The van der Waals surface area contributed by atoms with Gasteiger partial charge in [0.2, 0.25) is 10.0 Å². The third kappa shape index (κ3) is 5.12. The van der Waals surface area contributed by atoms with Crippen LogP contribution in [0, 0.1) is 17.2 Å². The Morgan fingerprint density at radius 1 is 1.29 bits per heavy atom. The standard InChI is InChI=1S/C15H20N2O3S/c16-9-12-4-6-13(7-5-12)11-21(19,20)17-10-14-2-1-3-15(18)8-14/h4-7,14-15,17-18H,1-3,8,10-11H2. The first-order valence-corrected chi connectivity index (χ1v) is 8.78. The fourth-order valence-electron chi connectivity index (χ4n) is 2.64. The molecule has 1 aliphatic carbocycles. The summed E-state index contributed by atoms with van der Waals surface area (Å²) in [6.45, 7) is 0.385. The molecular weight excluding hydrogens is 288 g/mol. The molecule has 0 heterocycles. The summed E-state index contributed by atoms with van der Waals surface area (Å²) in [6, 6.07) is 8.54. The van der Waals surface area contributed by atoms with Crippen molar-refractivity contribution in [1.29, 1.82) is 5.26 Å². The number of nitrogens with zero attached hydrogens (tertiary/aromatic N) is 1. The molecule has 0 amide bonds. The maximum atomic E-state index is 12.0. The van der Waals surface area contributed by atoms with Crippen LogP contribution in [0.15, 0.2) is 24.3 Å². The molecule has 2 N–H and O–H groups in total. The van der Waals surface area contributed by atoms with Crippen molar-refractivity contribution in [3.8, 4) is 6.07 Å². The molecule has 2 rings (SSSR count). The minimum Gasteiger partial charge on any atom is -0.393 e. The van der Waals surface area contributed by atoms with E-state index < -0.39 is 10.0 Å². The van der Waals surface area contributed by atoms with Gasteiger partial charge in [-0.25, -0.2) is 13.1 Å². The highest BCUT2D eigenvalue weighted by Gasteiger charge is 2.22. The van der Waals surface area contributed by atoms with Gasteiger partial charge in [0, 0.05) is 6.54 Å². The number of hydrogen-bond acceptors (Lipinski definition) is 4. The first-order chi connectivity index (χ1) is 9.98. The summed E-state index contributed by atoms with van der Waals surface area (Å²) in [5, 5.41) is 18.3. The monoisotopic (exact) mass is 308 g/mol. The number of aliphatic hydroxyl groups is 1. The van der Waals surface area contributed by atoms with Gasteiger partial charge in [-0.15, -0.1) is 0 Å². The SMILES string of the molecule is N#Cc1ccc(CS(=O)(=O)NCC2CCCC(O)C2)cc1. The van der Waals surface area contributed by atoms with Crippen molar-refractivity contribution in [3.05, 3.63) is 35.4 Å². The van der Waals surface area contributed by atoms with E-state index >= 15 is 0 Å². The maximum Gasteiger partial charge on any atom is 0.215 e. The summed E-state index contributed by atoms with van der Waals surface area (Å²) < 4.78 is 26.7. The van der Waals surface area contributed by atoms with Crippen LogP contribution in [0.4, 0.5) is 0 Å². The van der Waals surface area contributed by atoms with Crippen LogP contribution < -0.4 is 4.72 Å². The van der Waals surface area contributed by atoms with Crippen molar-refractivity contribution < 1.29 is 13.5 Å². The molecule has 1 fully saturated rings. The fourth-order valence-corrected chi connectivity index (χ4v) is 3.86. The summed E-state index contributed by atoms with van der Waals surface area (Å²) in [4.78, 5) is 0. The molecule has 21 heavy (non-hydrogen) atoms. The average molecular weight is 308 g/mol. The van der Waals surface area contributed by atoms with Gasteiger partial charge < -0.3 is 5.11 Å². The van der Waals surface area contributed by atoms with Gasteiger partial charge in [0.1, 0.15) is 0 Å². The molecule has 2 unspecified atom stereocenters. The Morgan fingerprint density at radius 2 is 2.00 bits per heavy atom. The zero-order valence-electron chi connectivity index (χ0n) is 11.8. The third-order valence-corrected chi connectivity index (χ3v) is 5.11. The Bertz CT molecular complexity index is 605. The number of nitriles is 1. The van der Waals surface area contributed by atoms with Crippen molar-refractivity contribution in [1.82, 2.24) is 4.72 Å². The second-order valence-corrected chi connectivity index (χ2v) is 7.41. The van der Waals surface area contributed by atoms with Gasteiger partial charge in [0.05, 0.1) is 23.5 Å². The van der Waals surface area contributed by atoms with E-state index in [9.17, 15) is 13.5 Å². The summed E-state index contributed by atoms with van der Waals surface area (Å²) in [6.07, 6.45) is 3.08. The normalized spacial score (nSPS) is 22.7. The molecule has 1 saturated carbocycles. The molecule has 114 valence electrons. The molecule has 0 saturated heterocycles. The third-order valence-electron chi connectivity index (χ3n) is 3.79. The van der Waals surface area contributed by atoms with Crippen LogP contribution >= 0.6 is 0 Å². The molecule has 0 radical (unpaired) electrons. The molecule has 6 heteroatoms. The van der Waals surface area contributed by atoms with Gasteiger partial charge in [-0.2, -0.15) is 5.26 Å². The molecule has 0 aliphatic heterocycles. The number of sulfonamides is 1. The average Bonchev–Trinajstić information content (AvgIpc) is 2.46. The highest BCUT2D eigenvalue weighted by atomic mass is 32.2. The molecule has 0 spiro atoms. The second-order valence-electron chi connectivity index (χ2n) is 5.60. The van der Waals surface area contributed by atoms with Crippen LogP contribution in [0.25, 0.3) is 0 Å². The Morgan fingerprint density at radius 3 is 2.62 bits per heavy atom. The predicted octanol–water partition coefficient (Wildman–Crippen LogP) is 1.53. The highest BCUT2D eigenvalue weighted by molar-refractivity contribution is 7.88. The van der Waals surface area contributed by atoms with Gasteiger partial charge in [0.15, 0.2) is 0 Å². The minimum atomic E-state index is -3.39. The van der Waals surface area contributed by atoms with Gasteiger partial charge >= 0.3 is 0 Å². The molecule has 0 bridgehead atoms. The van der Waals surface area contributed by atoms with E-state index in [0.29, 0.717) is 24.1 Å². The molecule has 2 atom stereocenters. The van der Waals surface area contributed by atoms with Crippen LogP contribution in [0.1, 0.15) is 36.8 Å². The number of hydrogen-bond donors (Lipinski definition) is 2. The Hall–Kier alpha value is -1.42. The Balaban J connectivity index is 1.87. The predicted molar refractivity (Wildman–Crippen MR) is 79.7 cm³/mol. The van der Waals surface area contributed by atoms with Gasteiger partial charge in [-0.05, 0) is 42.9 Å². The van der Waals surface area contributed by atoms with Crippen LogP contribution in [-0.4, -0.2) is 26.2 Å². The van der Waals surface area contributed by atoms with Crippen LogP contribution in [0.3, 0.4) is 0 Å². The smallest absolute Gasteiger partial charge is 0.215 e. The van der Waals surface area contributed by atoms with Crippen molar-refractivity contribution in [2.45, 2.75) is 37.5 Å². The zero-order valence-corrected chi connectivity index (χ0v) is 12.6. The Kier molecular flexibility index (Phi) is 5.34. The van der Waals surface area contributed by atoms with E-state index in [0.717, 1.165) is 19.3 Å². The second kappa shape index (κ2) is 7.03. The minimum absolute atomic E-state index is 0.0893. The lowest BCUT2D eigenvalue weighted by Crippen LogP contribution is -2.33. The van der Waals surface area contributed by atoms with E-state index in [2.05, 4.69) is 4.72 Å². The first-order valence-electron chi connectivity index (χ1n) is 7.13. The van der Waals surface area contributed by atoms with Crippen LogP contribution in [0.2, 0.25) is 0 Å². The molecule has 5 nitrogen and oxygen atoms in total. The van der Waals surface area contributed by atoms with E-state index in [4.69, 9.17) is 5.26 Å². The van der Waals surface area contributed by atoms with E-state index in [1.165, 1.54) is 0 Å². The topological polar surface area (TPSA) is 90.2 Å². The summed E-state index contributed by atoms with van der Waals surface area (Å²) in [5.74, 6) is 0.123. The quantitative estimate of drug-likeness (QED) is 0.863. The lowest BCUT2D eigenvalue weighted by Gasteiger charge is -2.25. The summed E-state index contributed by atoms with van der Waals surface area (Å²) >= 11 is 0. The number of nitrogens with one attached hydrogen (secondary N) is 1. The first kappa shape index (κ1) is 16.0. The molecular formula is C15H20N2O3S. The number of rotatable bonds is 5. The van der Waals surface area contributed by atoms with Crippen molar-refractivity contribution >= 4 is 10.0 Å². The van der Waals surface area contributed by atoms with Gasteiger partial charge in [-0.1, -0.05) is 18.6 Å². The van der Waals surface area contributed by atoms with Crippen LogP contribution in [-0.2, 0) is 15.8 Å². The number of benzene rings is 1. The summed E-state index contributed by atoms with van der Waals surface area (Å²) in [7, 11) is -3.39. The highest BCUT2D eigenvalue weighted by Crippen LogP contribution is 2.23. The molecule has 1 aliphatic rings. The largest absolute Gasteiger partial charge is 0.393 e. The van der Waals surface area contributed by atoms with Crippen molar-refractivity contribution in [2.24, 2.45) is 5.92 Å². The van der Waals surface area contributed by atoms with Gasteiger partial charge in [-0.3, -0.25) is 0 Å². The zero-order chi connectivity index (χ0) is 15.3. The van der Waals surface area contributed by atoms with E-state index in [1.54, 1.807) is 24.3 Å². The lowest BCUT2D eigenvalue weighted by molar-refractivity contribution is 0.102. The summed E-state index contributed by atoms with van der Waals surface area (Å²) in [5.41, 5.74) is 1.17. The van der Waals surface area contributed by atoms with Crippen molar-refractivity contribution in [2.75, 3.05) is 6.54 Å². The van der Waals surface area contributed by atoms with E-state index in [1.807, 2.05) is 6.07 Å². The number of aliphatic hydroxyl groups excluding tert-OH is 1. The fraction of sp³-hybridized carbons (Fsp3) is 0.533. The van der Waals surface area contributed by atoms with Crippen LogP contribution in [0.5, 0.6) is 0 Å². The molecule has 1 aromatic rings. The van der Waals surface area contributed by atoms with Gasteiger partial charge in [0.25, 0.3) is 0 Å².